The zero-order valence-corrected chi connectivity index (χ0v) is 20.1. The summed E-state index contributed by atoms with van der Waals surface area (Å²) in [7, 11) is 0. The average Bonchev–Trinajstić information content (AvgIpc) is 2.28. The van der Waals surface area contributed by atoms with Crippen LogP contribution >= 0.6 is 5.95 Å². The van der Waals surface area contributed by atoms with E-state index in [2.05, 4.69) is 86.6 Å². The monoisotopic (exact) mass is 489 g/mol. The normalized spacial score (nSPS) is 13.8. The first kappa shape index (κ1) is 20.0. The van der Waals surface area contributed by atoms with Crippen molar-refractivity contribution in [1.82, 2.24) is 0 Å². The fraction of sp³-hybridized carbons (Fsp3) is 0.667. The summed E-state index contributed by atoms with van der Waals surface area (Å²) < 4.78 is 1.66. The van der Waals surface area contributed by atoms with Gasteiger partial charge in [-0.1, -0.05) is 0 Å². The van der Waals surface area contributed by atoms with Crippen LogP contribution in [0.5, 0.6) is 0 Å². The zero-order chi connectivity index (χ0) is 16.5. The molecule has 0 radical (unpaired) electrons. The first-order valence-corrected chi connectivity index (χ1v) is 18.6. The number of hydrogen-bond acceptors (Lipinski definition) is 0. The summed E-state index contributed by atoms with van der Waals surface area (Å²) >= 11 is 0.785. The number of hydrogen-bond donors (Lipinski definition) is 0. The molecule has 0 aromatic heterocycles. The first-order valence-electron chi connectivity index (χ1n) is 7.73. The Hall–Kier alpha value is 0.959. The molecule has 0 saturated heterocycles. The summed E-state index contributed by atoms with van der Waals surface area (Å²) in [4.78, 5) is 0. The van der Waals surface area contributed by atoms with Gasteiger partial charge in [-0.3, -0.25) is 0 Å². The van der Waals surface area contributed by atoms with Gasteiger partial charge in [0.2, 0.25) is 0 Å². The molecule has 0 heterocycles. The van der Waals surface area contributed by atoms with Crippen LogP contribution in [0, 0.1) is 6.92 Å². The molecule has 1 rings (SSSR count). The van der Waals surface area contributed by atoms with Crippen molar-refractivity contribution in [2.24, 2.45) is 0 Å². The van der Waals surface area contributed by atoms with Crippen LogP contribution in [0.1, 0.15) is 61.0 Å². The standard InChI is InChI=1S/C18H32PSeTe/c1-14(2)19(17(4,5)6,18(7,8)9)20-21-16-12-10-15(3)11-13-16/h10-14H,1-9H3/q+1. The van der Waals surface area contributed by atoms with Crippen molar-refractivity contribution < 1.29 is 0 Å². The quantitative estimate of drug-likeness (QED) is 0.421. The van der Waals surface area contributed by atoms with Crippen molar-refractivity contribution in [2.75, 3.05) is 0 Å². The van der Waals surface area contributed by atoms with Gasteiger partial charge in [0.25, 0.3) is 0 Å². The minimum absolute atomic E-state index is 0.0320. The van der Waals surface area contributed by atoms with Crippen LogP contribution in [0.4, 0.5) is 0 Å². The van der Waals surface area contributed by atoms with Crippen LogP contribution in [0.2, 0.25) is 0 Å². The second kappa shape index (κ2) is 7.24. The molecule has 0 unspecified atom stereocenters. The third kappa shape index (κ3) is 4.49. The number of benzene rings is 1. The van der Waals surface area contributed by atoms with Gasteiger partial charge in [-0.2, -0.15) is 0 Å². The molecule has 0 spiro atoms. The molecule has 0 amide bonds. The first-order chi connectivity index (χ1) is 9.42. The topological polar surface area (TPSA) is 0 Å². The predicted molar refractivity (Wildman–Crippen MR) is 104 cm³/mol. The Kier molecular flexibility index (Phi) is 6.90. The molecule has 0 saturated carbocycles. The SMILES string of the molecule is Cc1ccc([Te][Se][P+](C(C)C)(C(C)(C)C)C(C)(C)C)cc1. The van der Waals surface area contributed by atoms with E-state index in [-0.39, 0.29) is 18.7 Å². The maximum atomic E-state index is 2.51. The Morgan fingerprint density at radius 2 is 1.33 bits per heavy atom. The van der Waals surface area contributed by atoms with Crippen LogP contribution in [-0.4, -0.2) is 46.0 Å². The van der Waals surface area contributed by atoms with Gasteiger partial charge >= 0.3 is 148 Å². The van der Waals surface area contributed by atoms with E-state index >= 15 is 0 Å². The van der Waals surface area contributed by atoms with Crippen LogP contribution in [0.25, 0.3) is 0 Å². The number of aryl methyl sites for hydroxylation is 1. The third-order valence-electron chi connectivity index (χ3n) is 3.99. The zero-order valence-electron chi connectivity index (χ0n) is 15.2. The molecule has 1 aromatic rings. The van der Waals surface area contributed by atoms with Gasteiger partial charge in [-0.05, 0) is 0 Å². The Balaban J connectivity index is 3.11. The molecule has 0 N–H and O–H groups in total. The summed E-state index contributed by atoms with van der Waals surface area (Å²) in [5.41, 5.74) is 2.23. The second-order valence-electron chi connectivity index (χ2n) is 8.06. The van der Waals surface area contributed by atoms with Crippen molar-refractivity contribution in [1.29, 1.82) is 0 Å². The third-order valence-corrected chi connectivity index (χ3v) is 39.1. The van der Waals surface area contributed by atoms with Crippen molar-refractivity contribution in [3.8, 4) is 0 Å². The van der Waals surface area contributed by atoms with Gasteiger partial charge in [0.05, 0.1) is 0 Å². The Labute approximate surface area is 147 Å². The molecule has 1 aromatic carbocycles. The van der Waals surface area contributed by atoms with E-state index in [1.54, 1.807) is 3.61 Å². The Morgan fingerprint density at radius 3 is 1.67 bits per heavy atom. The van der Waals surface area contributed by atoms with Gasteiger partial charge in [0, 0.05) is 0 Å². The molecule has 3 heteroatoms. The second-order valence-corrected chi connectivity index (χ2v) is 28.6. The van der Waals surface area contributed by atoms with Gasteiger partial charge < -0.3 is 0 Å². The molecule has 120 valence electrons. The van der Waals surface area contributed by atoms with E-state index in [0.29, 0.717) is 10.3 Å². The van der Waals surface area contributed by atoms with E-state index in [0.717, 1.165) is 17.0 Å². The van der Waals surface area contributed by atoms with E-state index in [9.17, 15) is 0 Å². The van der Waals surface area contributed by atoms with Crippen LogP contribution in [-0.2, 0) is 0 Å². The molecule has 0 aliphatic heterocycles. The molecule has 0 nitrogen and oxygen atoms in total. The predicted octanol–water partition coefficient (Wildman–Crippen LogP) is 4.88. The fourth-order valence-electron chi connectivity index (χ4n) is 3.56. The van der Waals surface area contributed by atoms with Crippen molar-refractivity contribution >= 4 is 39.6 Å². The van der Waals surface area contributed by atoms with Gasteiger partial charge in [0.15, 0.2) is 0 Å². The van der Waals surface area contributed by atoms with E-state index in [1.165, 1.54) is 5.56 Å². The van der Waals surface area contributed by atoms with E-state index < -0.39 is 5.95 Å². The van der Waals surface area contributed by atoms with Crippen molar-refractivity contribution in [2.45, 2.75) is 78.3 Å². The minimum atomic E-state index is -0.993. The molecule has 0 aliphatic rings. The van der Waals surface area contributed by atoms with Crippen LogP contribution in [0.3, 0.4) is 0 Å². The molecule has 0 bridgehead atoms. The summed E-state index contributed by atoms with van der Waals surface area (Å²) in [6.45, 7) is 22.2. The summed E-state index contributed by atoms with van der Waals surface area (Å²) in [6.07, 6.45) is 0. The Bertz CT molecular complexity index is 438. The number of rotatable bonds is 4. The molecular weight excluding hydrogens is 454 g/mol. The molecule has 0 fully saturated rings. The molecular formula is C18H32PSeTe+. The van der Waals surface area contributed by atoms with Gasteiger partial charge in [-0.15, -0.1) is 0 Å². The Morgan fingerprint density at radius 1 is 0.905 bits per heavy atom. The van der Waals surface area contributed by atoms with Crippen LogP contribution < -0.4 is 3.61 Å². The van der Waals surface area contributed by atoms with Crippen molar-refractivity contribution in [3.05, 3.63) is 29.8 Å². The average molecular weight is 486 g/mol. The molecule has 0 aliphatic carbocycles. The fourth-order valence-corrected chi connectivity index (χ4v) is 53.6. The van der Waals surface area contributed by atoms with Gasteiger partial charge in [0.1, 0.15) is 0 Å². The van der Waals surface area contributed by atoms with Crippen molar-refractivity contribution in [3.63, 3.8) is 0 Å². The summed E-state index contributed by atoms with van der Waals surface area (Å²) in [5.74, 6) is -0.993. The van der Waals surface area contributed by atoms with E-state index in [4.69, 9.17) is 0 Å². The summed E-state index contributed by atoms with van der Waals surface area (Å²) in [5, 5.41) is 0.934. The van der Waals surface area contributed by atoms with Crippen LogP contribution in [0.15, 0.2) is 24.3 Å². The van der Waals surface area contributed by atoms with E-state index in [1.807, 2.05) is 0 Å². The molecule has 21 heavy (non-hydrogen) atoms. The summed E-state index contributed by atoms with van der Waals surface area (Å²) in [6, 6.07) is 9.36. The maximum absolute atomic E-state index is 2.51. The molecule has 0 atom stereocenters. The van der Waals surface area contributed by atoms with Gasteiger partial charge in [-0.25, -0.2) is 0 Å².